The highest BCUT2D eigenvalue weighted by Crippen LogP contribution is 2.33. The molecular formula is C12H11ClN4O3S. The molecule has 0 aliphatic carbocycles. The van der Waals surface area contributed by atoms with E-state index in [1.54, 1.807) is 13.1 Å². The number of rotatable bonds is 5. The third-order valence-electron chi connectivity index (χ3n) is 2.46. The second-order valence-electron chi connectivity index (χ2n) is 3.80. The van der Waals surface area contributed by atoms with Crippen molar-refractivity contribution in [2.24, 2.45) is 0 Å². The van der Waals surface area contributed by atoms with Crippen molar-refractivity contribution in [3.63, 3.8) is 0 Å². The van der Waals surface area contributed by atoms with Gasteiger partial charge in [-0.25, -0.2) is 4.98 Å². The van der Waals surface area contributed by atoms with E-state index < -0.39 is 4.92 Å². The summed E-state index contributed by atoms with van der Waals surface area (Å²) in [5, 5.41) is 14.4. The average Bonchev–Trinajstić information content (AvgIpc) is 2.48. The van der Waals surface area contributed by atoms with Crippen molar-refractivity contribution in [2.75, 3.05) is 18.6 Å². The highest BCUT2D eigenvalue weighted by Gasteiger charge is 2.13. The first kappa shape index (κ1) is 15.3. The molecule has 0 bridgehead atoms. The highest BCUT2D eigenvalue weighted by atomic mass is 35.5. The van der Waals surface area contributed by atoms with Gasteiger partial charge >= 0.3 is 0 Å². The molecule has 2 rings (SSSR count). The second-order valence-corrected chi connectivity index (χ2v) is 4.98. The summed E-state index contributed by atoms with van der Waals surface area (Å²) in [5.41, 5.74) is -0.109. The number of aromatic nitrogens is 2. The number of halogens is 1. The summed E-state index contributed by atoms with van der Waals surface area (Å²) in [5.74, 6) is 0.991. The van der Waals surface area contributed by atoms with Crippen LogP contribution in [-0.4, -0.2) is 28.2 Å². The summed E-state index contributed by atoms with van der Waals surface area (Å²) in [7, 11) is 1.72. The van der Waals surface area contributed by atoms with Gasteiger partial charge < -0.3 is 10.1 Å². The normalized spacial score (nSPS) is 10.2. The Morgan fingerprint density at radius 1 is 1.38 bits per heavy atom. The van der Waals surface area contributed by atoms with Crippen LogP contribution in [0.25, 0.3) is 0 Å². The number of nitrogens with one attached hydrogen (secondary N) is 1. The van der Waals surface area contributed by atoms with Crippen LogP contribution in [0.5, 0.6) is 11.6 Å². The molecule has 0 aliphatic heterocycles. The van der Waals surface area contributed by atoms with Gasteiger partial charge in [0.15, 0.2) is 10.9 Å². The van der Waals surface area contributed by atoms with E-state index in [-0.39, 0.29) is 22.3 Å². The lowest BCUT2D eigenvalue weighted by Crippen LogP contribution is -1.98. The standard InChI is InChI=1S/C12H11ClN4O3S/c1-14-10-6-11(16-12(15-10)21-2)20-9-5-7(17(18)19)3-4-8(9)13/h3-6H,1-2H3,(H,14,15,16). The first-order chi connectivity index (χ1) is 10.0. The van der Waals surface area contributed by atoms with Crippen LogP contribution in [0.15, 0.2) is 29.4 Å². The smallest absolute Gasteiger partial charge is 0.273 e. The molecule has 1 aromatic heterocycles. The molecule has 1 aromatic carbocycles. The molecule has 0 aliphatic rings. The minimum Gasteiger partial charge on any atom is -0.437 e. The molecule has 0 radical (unpaired) electrons. The molecule has 0 spiro atoms. The van der Waals surface area contributed by atoms with E-state index in [2.05, 4.69) is 15.3 Å². The number of anilines is 1. The lowest BCUT2D eigenvalue weighted by molar-refractivity contribution is -0.384. The van der Waals surface area contributed by atoms with Gasteiger partial charge in [-0.3, -0.25) is 10.1 Å². The maximum absolute atomic E-state index is 10.8. The Kier molecular flexibility index (Phi) is 4.81. The van der Waals surface area contributed by atoms with Crippen molar-refractivity contribution in [1.29, 1.82) is 0 Å². The minimum absolute atomic E-state index is 0.109. The van der Waals surface area contributed by atoms with E-state index >= 15 is 0 Å². The number of nitrogens with zero attached hydrogens (tertiary/aromatic N) is 3. The molecule has 110 valence electrons. The van der Waals surface area contributed by atoms with Crippen molar-refractivity contribution in [3.05, 3.63) is 39.4 Å². The molecule has 7 nitrogen and oxygen atoms in total. The molecule has 1 heterocycles. The molecule has 9 heteroatoms. The Morgan fingerprint density at radius 3 is 2.76 bits per heavy atom. The monoisotopic (exact) mass is 326 g/mol. The SMILES string of the molecule is CNc1cc(Oc2cc([N+](=O)[O-])ccc2Cl)nc(SC)n1. The van der Waals surface area contributed by atoms with Crippen LogP contribution in [0.1, 0.15) is 0 Å². The fourth-order valence-corrected chi connectivity index (χ4v) is 2.00. The number of ether oxygens (including phenoxy) is 1. The van der Waals surface area contributed by atoms with Gasteiger partial charge in [-0.2, -0.15) is 4.98 Å². The van der Waals surface area contributed by atoms with Crippen molar-refractivity contribution < 1.29 is 9.66 Å². The van der Waals surface area contributed by atoms with Crippen LogP contribution in [0.3, 0.4) is 0 Å². The van der Waals surface area contributed by atoms with E-state index in [9.17, 15) is 10.1 Å². The van der Waals surface area contributed by atoms with E-state index in [1.807, 2.05) is 6.26 Å². The minimum atomic E-state index is -0.518. The average molecular weight is 327 g/mol. The fourth-order valence-electron chi connectivity index (χ4n) is 1.47. The van der Waals surface area contributed by atoms with Crippen LogP contribution < -0.4 is 10.1 Å². The van der Waals surface area contributed by atoms with E-state index in [1.165, 1.54) is 30.0 Å². The Labute approximate surface area is 129 Å². The molecule has 0 atom stereocenters. The predicted octanol–water partition coefficient (Wildman–Crippen LogP) is 3.59. The lowest BCUT2D eigenvalue weighted by Gasteiger charge is -2.09. The summed E-state index contributed by atoms with van der Waals surface area (Å²) in [4.78, 5) is 18.6. The Morgan fingerprint density at radius 2 is 2.14 bits per heavy atom. The van der Waals surface area contributed by atoms with Crippen molar-refractivity contribution >= 4 is 34.9 Å². The maximum atomic E-state index is 10.8. The molecular weight excluding hydrogens is 316 g/mol. The van der Waals surface area contributed by atoms with Gasteiger partial charge in [0.1, 0.15) is 5.82 Å². The number of hydrogen-bond acceptors (Lipinski definition) is 7. The summed E-state index contributed by atoms with van der Waals surface area (Å²) < 4.78 is 5.54. The summed E-state index contributed by atoms with van der Waals surface area (Å²) in [6.07, 6.45) is 1.83. The third kappa shape index (κ3) is 3.73. The van der Waals surface area contributed by atoms with Crippen molar-refractivity contribution in [2.45, 2.75) is 5.16 Å². The highest BCUT2D eigenvalue weighted by molar-refractivity contribution is 7.98. The largest absolute Gasteiger partial charge is 0.437 e. The quantitative estimate of drug-likeness (QED) is 0.388. The molecule has 0 saturated carbocycles. The zero-order valence-electron chi connectivity index (χ0n) is 11.2. The summed E-state index contributed by atoms with van der Waals surface area (Å²) >= 11 is 7.34. The summed E-state index contributed by atoms with van der Waals surface area (Å²) in [6, 6.07) is 5.54. The van der Waals surface area contributed by atoms with Crippen LogP contribution >= 0.6 is 23.4 Å². The van der Waals surface area contributed by atoms with Crippen LogP contribution in [-0.2, 0) is 0 Å². The van der Waals surface area contributed by atoms with E-state index in [4.69, 9.17) is 16.3 Å². The predicted molar refractivity (Wildman–Crippen MR) is 81.5 cm³/mol. The van der Waals surface area contributed by atoms with Gasteiger partial charge in [0.25, 0.3) is 5.69 Å². The van der Waals surface area contributed by atoms with Crippen molar-refractivity contribution in [1.82, 2.24) is 9.97 Å². The number of nitro benzene ring substituents is 1. The third-order valence-corrected chi connectivity index (χ3v) is 3.32. The molecule has 0 unspecified atom stereocenters. The first-order valence-electron chi connectivity index (χ1n) is 5.76. The first-order valence-corrected chi connectivity index (χ1v) is 7.36. The lowest BCUT2D eigenvalue weighted by atomic mass is 10.3. The molecule has 0 saturated heterocycles. The number of non-ortho nitro benzene ring substituents is 1. The van der Waals surface area contributed by atoms with Gasteiger partial charge in [0, 0.05) is 19.2 Å². The molecule has 0 fully saturated rings. The maximum Gasteiger partial charge on any atom is 0.273 e. The Bertz CT molecular complexity index is 661. The van der Waals surface area contributed by atoms with E-state index in [0.29, 0.717) is 11.0 Å². The van der Waals surface area contributed by atoms with Gasteiger partial charge in [-0.1, -0.05) is 23.4 Å². The zero-order chi connectivity index (χ0) is 15.4. The Hall–Kier alpha value is -2.06. The molecule has 0 amide bonds. The van der Waals surface area contributed by atoms with Gasteiger partial charge in [0.05, 0.1) is 16.0 Å². The summed E-state index contributed by atoms with van der Waals surface area (Å²) in [6.45, 7) is 0. The topological polar surface area (TPSA) is 90.2 Å². The van der Waals surface area contributed by atoms with Crippen LogP contribution in [0, 0.1) is 10.1 Å². The number of benzene rings is 1. The number of thioether (sulfide) groups is 1. The second kappa shape index (κ2) is 6.59. The van der Waals surface area contributed by atoms with Crippen LogP contribution in [0.2, 0.25) is 5.02 Å². The van der Waals surface area contributed by atoms with Gasteiger partial charge in [-0.15, -0.1) is 0 Å². The Balaban J connectivity index is 2.37. The number of hydrogen-bond donors (Lipinski definition) is 1. The van der Waals surface area contributed by atoms with E-state index in [0.717, 1.165) is 0 Å². The fraction of sp³-hybridized carbons (Fsp3) is 0.167. The molecule has 1 N–H and O–H groups in total. The molecule has 2 aromatic rings. The van der Waals surface area contributed by atoms with Gasteiger partial charge in [-0.05, 0) is 12.3 Å². The number of nitro groups is 1. The zero-order valence-corrected chi connectivity index (χ0v) is 12.7. The van der Waals surface area contributed by atoms with Crippen LogP contribution in [0.4, 0.5) is 11.5 Å². The van der Waals surface area contributed by atoms with Gasteiger partial charge in [0.2, 0.25) is 5.88 Å². The molecule has 21 heavy (non-hydrogen) atoms. The van der Waals surface area contributed by atoms with Crippen molar-refractivity contribution in [3.8, 4) is 11.6 Å².